The molecule has 1 amide bonds. The highest BCUT2D eigenvalue weighted by atomic mass is 16.6. The number of amides is 1. The van der Waals surface area contributed by atoms with E-state index in [9.17, 15) is 20.0 Å². The zero-order valence-corrected chi connectivity index (χ0v) is 10.7. The van der Waals surface area contributed by atoms with Crippen LogP contribution in [0.1, 0.15) is 30.1 Å². The number of aliphatic hydroxyl groups is 1. The third-order valence-corrected chi connectivity index (χ3v) is 3.30. The Balaban J connectivity index is 2.13. The number of rotatable bonds is 4. The molecule has 6 nitrogen and oxygen atoms in total. The maximum absolute atomic E-state index is 12.2. The first-order valence-corrected chi connectivity index (χ1v) is 6.22. The Morgan fingerprint density at radius 1 is 1.47 bits per heavy atom. The van der Waals surface area contributed by atoms with E-state index in [1.54, 1.807) is 6.07 Å². The van der Waals surface area contributed by atoms with E-state index >= 15 is 0 Å². The van der Waals surface area contributed by atoms with Gasteiger partial charge in [0.1, 0.15) is 5.56 Å². The monoisotopic (exact) mass is 264 g/mol. The lowest BCUT2D eigenvalue weighted by atomic mass is 9.88. The first-order chi connectivity index (χ1) is 8.97. The molecule has 0 bridgehead atoms. The number of carbonyl (C=O) groups excluding carboxylic acids is 1. The zero-order chi connectivity index (χ0) is 14.0. The van der Waals surface area contributed by atoms with Crippen LogP contribution in [0.4, 0.5) is 5.69 Å². The second-order valence-electron chi connectivity index (χ2n) is 4.91. The Morgan fingerprint density at radius 2 is 2.11 bits per heavy atom. The summed E-state index contributed by atoms with van der Waals surface area (Å²) < 4.78 is 0. The van der Waals surface area contributed by atoms with Crippen molar-refractivity contribution < 1.29 is 14.8 Å². The van der Waals surface area contributed by atoms with Crippen LogP contribution in [0.25, 0.3) is 0 Å². The van der Waals surface area contributed by atoms with E-state index in [1.807, 2.05) is 6.92 Å². The van der Waals surface area contributed by atoms with Crippen molar-refractivity contribution in [2.45, 2.75) is 25.4 Å². The van der Waals surface area contributed by atoms with Crippen molar-refractivity contribution >= 4 is 11.6 Å². The summed E-state index contributed by atoms with van der Waals surface area (Å²) in [7, 11) is 0. The van der Waals surface area contributed by atoms with E-state index in [0.717, 1.165) is 6.42 Å². The zero-order valence-electron chi connectivity index (χ0n) is 10.7. The van der Waals surface area contributed by atoms with Crippen LogP contribution < -0.4 is 0 Å². The summed E-state index contributed by atoms with van der Waals surface area (Å²) >= 11 is 0. The second-order valence-corrected chi connectivity index (χ2v) is 4.91. The molecule has 0 spiro atoms. The predicted octanol–water partition coefficient (Wildman–Crippen LogP) is 1.58. The van der Waals surface area contributed by atoms with E-state index in [1.165, 1.54) is 23.1 Å². The molecule has 2 rings (SSSR count). The lowest BCUT2D eigenvalue weighted by Gasteiger charge is -2.46. The summed E-state index contributed by atoms with van der Waals surface area (Å²) in [5, 5.41) is 20.9. The van der Waals surface area contributed by atoms with Crippen molar-refractivity contribution in [3.05, 3.63) is 39.9 Å². The molecule has 1 aliphatic heterocycles. The van der Waals surface area contributed by atoms with Gasteiger partial charge in [0.05, 0.1) is 23.6 Å². The molecule has 1 N–H and O–H groups in total. The summed E-state index contributed by atoms with van der Waals surface area (Å²) in [5.74, 6) is -0.395. The summed E-state index contributed by atoms with van der Waals surface area (Å²) in [4.78, 5) is 23.9. The number of nitrogens with zero attached hydrogens (tertiary/aromatic N) is 2. The molecule has 0 saturated carbocycles. The topological polar surface area (TPSA) is 83.7 Å². The molecule has 0 atom stereocenters. The normalized spacial score (nSPS) is 16.8. The van der Waals surface area contributed by atoms with Gasteiger partial charge in [-0.1, -0.05) is 25.5 Å². The number of hydrogen-bond donors (Lipinski definition) is 1. The van der Waals surface area contributed by atoms with E-state index < -0.39 is 16.4 Å². The van der Waals surface area contributed by atoms with Gasteiger partial charge in [-0.25, -0.2) is 0 Å². The van der Waals surface area contributed by atoms with Gasteiger partial charge in [0.15, 0.2) is 0 Å². The molecule has 0 aromatic heterocycles. The largest absolute Gasteiger partial charge is 0.386 e. The molecule has 1 saturated heterocycles. The third kappa shape index (κ3) is 2.58. The van der Waals surface area contributed by atoms with Gasteiger partial charge in [0.2, 0.25) is 0 Å². The quantitative estimate of drug-likeness (QED) is 0.661. The summed E-state index contributed by atoms with van der Waals surface area (Å²) in [6.45, 7) is 2.45. The lowest BCUT2D eigenvalue weighted by Crippen LogP contribution is -2.63. The third-order valence-electron chi connectivity index (χ3n) is 3.30. The maximum Gasteiger partial charge on any atom is 0.282 e. The van der Waals surface area contributed by atoms with Crippen molar-refractivity contribution in [2.75, 3.05) is 13.1 Å². The standard InChI is InChI=1S/C13H16N2O4/c1-2-7-13(17)8-14(9-13)12(16)10-5-3-4-6-11(10)15(18)19/h3-6,17H,2,7-9H2,1H3. The fourth-order valence-electron chi connectivity index (χ4n) is 2.42. The summed E-state index contributed by atoms with van der Waals surface area (Å²) in [6, 6.07) is 5.87. The van der Waals surface area contributed by atoms with Crippen LogP contribution in [-0.4, -0.2) is 39.5 Å². The Bertz CT molecular complexity index is 509. The van der Waals surface area contributed by atoms with Gasteiger partial charge < -0.3 is 10.0 Å². The molecule has 0 unspecified atom stereocenters. The number of likely N-dealkylation sites (tertiary alicyclic amines) is 1. The highest BCUT2D eigenvalue weighted by Crippen LogP contribution is 2.29. The molecule has 19 heavy (non-hydrogen) atoms. The Hall–Kier alpha value is -1.95. The molecule has 1 fully saturated rings. The molecule has 1 aromatic rings. The van der Waals surface area contributed by atoms with Gasteiger partial charge >= 0.3 is 0 Å². The number of β-amino-alcohol motifs (C(OH)–C–C–N with tert-alkyl or cyclic N) is 1. The molecule has 1 aliphatic rings. The number of para-hydroxylation sites is 1. The van der Waals surface area contributed by atoms with Crippen LogP contribution in [0.15, 0.2) is 24.3 Å². The van der Waals surface area contributed by atoms with Gasteiger partial charge in [-0.15, -0.1) is 0 Å². The number of hydrogen-bond acceptors (Lipinski definition) is 4. The fourth-order valence-corrected chi connectivity index (χ4v) is 2.42. The van der Waals surface area contributed by atoms with Crippen LogP contribution in [-0.2, 0) is 0 Å². The SMILES string of the molecule is CCCC1(O)CN(C(=O)c2ccccc2[N+](=O)[O-])C1. The molecule has 1 aromatic carbocycles. The maximum atomic E-state index is 12.2. The highest BCUT2D eigenvalue weighted by molar-refractivity contribution is 5.98. The average molecular weight is 264 g/mol. The summed E-state index contributed by atoms with van der Waals surface area (Å²) in [5.41, 5.74) is -0.946. The smallest absolute Gasteiger partial charge is 0.282 e. The molecule has 1 heterocycles. The number of nitro groups is 1. The van der Waals surface area contributed by atoms with Gasteiger partial charge in [0.25, 0.3) is 11.6 Å². The van der Waals surface area contributed by atoms with E-state index in [0.29, 0.717) is 6.42 Å². The minimum absolute atomic E-state index is 0.0750. The van der Waals surface area contributed by atoms with Gasteiger partial charge in [0, 0.05) is 6.07 Å². The van der Waals surface area contributed by atoms with Gasteiger partial charge in [-0.05, 0) is 12.5 Å². The number of nitro benzene ring substituents is 1. The van der Waals surface area contributed by atoms with Crippen LogP contribution in [0.3, 0.4) is 0 Å². The first-order valence-electron chi connectivity index (χ1n) is 6.22. The molecule has 0 radical (unpaired) electrons. The number of carbonyl (C=O) groups is 1. The van der Waals surface area contributed by atoms with Crippen molar-refractivity contribution in [1.82, 2.24) is 4.90 Å². The Morgan fingerprint density at radius 3 is 2.68 bits per heavy atom. The average Bonchev–Trinajstić information content (AvgIpc) is 2.35. The minimum Gasteiger partial charge on any atom is -0.386 e. The van der Waals surface area contributed by atoms with E-state index in [4.69, 9.17) is 0 Å². The van der Waals surface area contributed by atoms with Crippen molar-refractivity contribution in [1.29, 1.82) is 0 Å². The second kappa shape index (κ2) is 4.97. The minimum atomic E-state index is -0.825. The molecular formula is C13H16N2O4. The van der Waals surface area contributed by atoms with Crippen molar-refractivity contribution in [3.8, 4) is 0 Å². The molecule has 0 aliphatic carbocycles. The van der Waals surface area contributed by atoms with Crippen molar-refractivity contribution in [3.63, 3.8) is 0 Å². The first kappa shape index (κ1) is 13.5. The fraction of sp³-hybridized carbons (Fsp3) is 0.462. The molecule has 102 valence electrons. The summed E-state index contributed by atoms with van der Waals surface area (Å²) in [6.07, 6.45) is 1.47. The van der Waals surface area contributed by atoms with Crippen LogP contribution >= 0.6 is 0 Å². The number of benzene rings is 1. The Labute approximate surface area is 110 Å². The van der Waals surface area contributed by atoms with Crippen LogP contribution in [0, 0.1) is 10.1 Å². The molecular weight excluding hydrogens is 248 g/mol. The van der Waals surface area contributed by atoms with E-state index in [2.05, 4.69) is 0 Å². The van der Waals surface area contributed by atoms with Gasteiger partial charge in [-0.2, -0.15) is 0 Å². The Kier molecular flexibility index (Phi) is 3.53. The van der Waals surface area contributed by atoms with Crippen LogP contribution in [0.2, 0.25) is 0 Å². The van der Waals surface area contributed by atoms with Gasteiger partial charge in [-0.3, -0.25) is 14.9 Å². The lowest BCUT2D eigenvalue weighted by molar-refractivity contribution is -0.385. The predicted molar refractivity (Wildman–Crippen MR) is 68.9 cm³/mol. The highest BCUT2D eigenvalue weighted by Gasteiger charge is 2.43. The van der Waals surface area contributed by atoms with Crippen molar-refractivity contribution in [2.24, 2.45) is 0 Å². The van der Waals surface area contributed by atoms with E-state index in [-0.39, 0.29) is 24.3 Å². The molecule has 6 heteroatoms. The van der Waals surface area contributed by atoms with Crippen LogP contribution in [0.5, 0.6) is 0 Å².